The molecule has 0 aromatic carbocycles. The van der Waals surface area contributed by atoms with E-state index in [4.69, 9.17) is 26.7 Å². The standard InChI is InChI=1S/C13H18N5O13P3/c1-3-13(20)10(19)12(2,4-28-33(24,25)31-34(26,27)30-32(21,22)23)29-11(13)18-6-17-7-8(14)15-5-16-9(7)18/h1,5-6,10-11,19-20H,4H2,2H3,(H,24,25)(H,26,27)(H2,14,15,16)(H2,21,22,23). The van der Waals surface area contributed by atoms with E-state index in [1.807, 2.05) is 5.92 Å². The highest BCUT2D eigenvalue weighted by molar-refractivity contribution is 7.66. The molecule has 6 unspecified atom stereocenters. The second kappa shape index (κ2) is 8.70. The second-order valence-corrected chi connectivity index (χ2v) is 11.5. The van der Waals surface area contributed by atoms with Gasteiger partial charge in [-0.2, -0.15) is 8.62 Å². The van der Waals surface area contributed by atoms with Crippen molar-refractivity contribution in [1.29, 1.82) is 0 Å². The van der Waals surface area contributed by atoms with E-state index in [1.54, 1.807) is 0 Å². The van der Waals surface area contributed by atoms with E-state index < -0.39 is 53.6 Å². The molecule has 1 aliphatic rings. The molecule has 1 fully saturated rings. The van der Waals surface area contributed by atoms with Crippen LogP contribution in [0.25, 0.3) is 11.2 Å². The van der Waals surface area contributed by atoms with Crippen LogP contribution in [0.1, 0.15) is 13.2 Å². The quantitative estimate of drug-likeness (QED) is 0.151. The minimum absolute atomic E-state index is 0.0121. The van der Waals surface area contributed by atoms with E-state index in [0.717, 1.165) is 24.1 Å². The predicted octanol–water partition coefficient (Wildman–Crippen LogP) is -1.24. The van der Waals surface area contributed by atoms with Crippen LogP contribution in [0.15, 0.2) is 12.7 Å². The third-order valence-corrected chi connectivity index (χ3v) is 8.34. The number of aliphatic hydroxyl groups is 2. The molecule has 21 heteroatoms. The Hall–Kier alpha value is -1.80. The van der Waals surface area contributed by atoms with Gasteiger partial charge in [0.05, 0.1) is 12.9 Å². The van der Waals surface area contributed by atoms with Crippen LogP contribution in [0.3, 0.4) is 0 Å². The fourth-order valence-corrected chi connectivity index (χ4v) is 6.21. The Morgan fingerprint density at radius 2 is 1.85 bits per heavy atom. The van der Waals surface area contributed by atoms with Gasteiger partial charge in [-0.05, 0) is 6.92 Å². The first-order chi connectivity index (χ1) is 15.4. The van der Waals surface area contributed by atoms with Crippen LogP contribution >= 0.6 is 23.5 Å². The summed E-state index contributed by atoms with van der Waals surface area (Å²) in [5.74, 6) is 1.96. The van der Waals surface area contributed by atoms with Gasteiger partial charge in [-0.3, -0.25) is 9.09 Å². The fourth-order valence-electron chi connectivity index (χ4n) is 3.10. The lowest BCUT2D eigenvalue weighted by Gasteiger charge is -2.29. The number of hydrogen-bond acceptors (Lipinski definition) is 13. The molecule has 0 spiro atoms. The molecule has 18 nitrogen and oxygen atoms in total. The number of fused-ring (bicyclic) bond motifs is 1. The molecule has 0 aliphatic carbocycles. The molecule has 0 saturated carbocycles. The molecular weight excluding hydrogens is 527 g/mol. The molecule has 2 aromatic rings. The van der Waals surface area contributed by atoms with E-state index >= 15 is 0 Å². The summed E-state index contributed by atoms with van der Waals surface area (Å²) in [5, 5.41) is 21.7. The van der Waals surface area contributed by atoms with Crippen LogP contribution in [0.5, 0.6) is 0 Å². The van der Waals surface area contributed by atoms with Crippen molar-refractivity contribution in [1.82, 2.24) is 19.5 Å². The summed E-state index contributed by atoms with van der Waals surface area (Å²) in [6.07, 6.45) is 4.03. The van der Waals surface area contributed by atoms with Gasteiger partial charge in [-0.25, -0.2) is 28.6 Å². The number of phosphoric acid groups is 3. The molecule has 2 aromatic heterocycles. The lowest BCUT2D eigenvalue weighted by molar-refractivity contribution is -0.115. The van der Waals surface area contributed by atoms with Gasteiger partial charge in [0.25, 0.3) is 0 Å². The van der Waals surface area contributed by atoms with Crippen molar-refractivity contribution in [3.05, 3.63) is 12.7 Å². The van der Waals surface area contributed by atoms with Gasteiger partial charge in [0, 0.05) is 0 Å². The van der Waals surface area contributed by atoms with E-state index in [-0.39, 0.29) is 17.0 Å². The molecule has 3 rings (SSSR count). The van der Waals surface area contributed by atoms with Crippen molar-refractivity contribution in [2.45, 2.75) is 30.5 Å². The number of aromatic nitrogens is 4. The number of aliphatic hydroxyl groups excluding tert-OH is 1. The van der Waals surface area contributed by atoms with Gasteiger partial charge in [0.15, 0.2) is 23.3 Å². The maximum atomic E-state index is 12.0. The summed E-state index contributed by atoms with van der Waals surface area (Å²) >= 11 is 0. The normalized spacial score (nSPS) is 31.1. The Bertz CT molecular complexity index is 1290. The SMILES string of the molecule is C#CC1(O)C(n2cnc3c(N)ncnc32)OC(C)(COP(=O)(O)OP(=O)(O)OP(=O)(O)O)C1O. The zero-order chi connectivity index (χ0) is 25.7. The van der Waals surface area contributed by atoms with Crippen LogP contribution in [0.2, 0.25) is 0 Å². The van der Waals surface area contributed by atoms with Crippen molar-refractivity contribution in [3.8, 4) is 12.3 Å². The molecule has 0 amide bonds. The van der Waals surface area contributed by atoms with Gasteiger partial charge in [0.1, 0.15) is 23.5 Å². The number of rotatable bonds is 8. The molecule has 6 atom stereocenters. The summed E-state index contributed by atoms with van der Waals surface area (Å²) in [6, 6.07) is 0. The van der Waals surface area contributed by atoms with E-state index in [9.17, 15) is 33.7 Å². The number of hydrogen-bond donors (Lipinski definition) is 7. The predicted molar refractivity (Wildman–Crippen MR) is 108 cm³/mol. The lowest BCUT2D eigenvalue weighted by atomic mass is 9.88. The first kappa shape index (κ1) is 26.8. The molecular formula is C13H18N5O13P3. The molecule has 3 heterocycles. The largest absolute Gasteiger partial charge is 0.490 e. The van der Waals surface area contributed by atoms with Gasteiger partial charge < -0.3 is 40.3 Å². The highest BCUT2D eigenvalue weighted by Crippen LogP contribution is 2.66. The zero-order valence-corrected chi connectivity index (χ0v) is 19.5. The minimum Gasteiger partial charge on any atom is -0.386 e. The molecule has 0 bridgehead atoms. The summed E-state index contributed by atoms with van der Waals surface area (Å²) < 4.78 is 52.7. The molecule has 188 valence electrons. The Morgan fingerprint density at radius 3 is 2.44 bits per heavy atom. The number of ether oxygens (including phenoxy) is 1. The van der Waals surface area contributed by atoms with E-state index in [2.05, 4.69) is 28.1 Å². The first-order valence-corrected chi connectivity index (χ1v) is 13.2. The Labute approximate surface area is 189 Å². The highest BCUT2D eigenvalue weighted by atomic mass is 31.3. The van der Waals surface area contributed by atoms with E-state index in [0.29, 0.717) is 0 Å². The average Bonchev–Trinajstić information content (AvgIpc) is 3.19. The number of anilines is 1. The molecule has 0 radical (unpaired) electrons. The van der Waals surface area contributed by atoms with Crippen molar-refractivity contribution in [3.63, 3.8) is 0 Å². The number of nitrogens with two attached hydrogens (primary N) is 1. The maximum absolute atomic E-state index is 12.0. The number of nitrogen functional groups attached to an aromatic ring is 1. The zero-order valence-electron chi connectivity index (χ0n) is 16.8. The smallest absolute Gasteiger partial charge is 0.386 e. The summed E-state index contributed by atoms with van der Waals surface area (Å²) in [6.45, 7) is 0.00915. The van der Waals surface area contributed by atoms with Crippen molar-refractivity contribution >= 4 is 40.4 Å². The van der Waals surface area contributed by atoms with Gasteiger partial charge in [0.2, 0.25) is 0 Å². The van der Waals surface area contributed by atoms with E-state index in [1.165, 1.54) is 0 Å². The van der Waals surface area contributed by atoms with Crippen molar-refractivity contribution < 1.29 is 61.4 Å². The van der Waals surface area contributed by atoms with Gasteiger partial charge in [-0.1, -0.05) is 5.92 Å². The number of nitrogens with zero attached hydrogens (tertiary/aromatic N) is 4. The number of terminal acetylenes is 1. The van der Waals surface area contributed by atoms with Gasteiger partial charge in [-0.15, -0.1) is 6.42 Å². The maximum Gasteiger partial charge on any atom is 0.490 e. The number of imidazole rings is 1. The molecule has 1 saturated heterocycles. The topological polar surface area (TPSA) is 279 Å². The van der Waals surface area contributed by atoms with Crippen LogP contribution in [0, 0.1) is 12.3 Å². The summed E-state index contributed by atoms with van der Waals surface area (Å²) in [7, 11) is -16.9. The Balaban J connectivity index is 1.86. The van der Waals surface area contributed by atoms with Crippen LogP contribution in [0.4, 0.5) is 5.82 Å². The van der Waals surface area contributed by atoms with Crippen LogP contribution < -0.4 is 5.73 Å². The van der Waals surface area contributed by atoms with Crippen LogP contribution in [-0.4, -0.2) is 73.2 Å². The monoisotopic (exact) mass is 545 g/mol. The Morgan fingerprint density at radius 1 is 1.21 bits per heavy atom. The summed E-state index contributed by atoms with van der Waals surface area (Å²) in [4.78, 5) is 47.8. The lowest BCUT2D eigenvalue weighted by Crippen LogP contribution is -2.50. The third kappa shape index (κ3) is 5.23. The second-order valence-electron chi connectivity index (χ2n) is 7.10. The van der Waals surface area contributed by atoms with Crippen LogP contribution in [-0.2, 0) is 31.6 Å². The minimum atomic E-state index is -5.77. The highest BCUT2D eigenvalue weighted by Gasteiger charge is 2.62. The van der Waals surface area contributed by atoms with Crippen molar-refractivity contribution in [2.24, 2.45) is 0 Å². The molecule has 1 aliphatic heterocycles. The number of phosphoric ester groups is 1. The summed E-state index contributed by atoms with van der Waals surface area (Å²) in [5.41, 5.74) is 1.33. The first-order valence-electron chi connectivity index (χ1n) is 8.70. The molecule has 8 N–H and O–H groups in total. The van der Waals surface area contributed by atoms with Gasteiger partial charge >= 0.3 is 23.5 Å². The third-order valence-electron chi connectivity index (χ3n) is 4.55. The molecule has 34 heavy (non-hydrogen) atoms. The average molecular weight is 545 g/mol. The fraction of sp³-hybridized carbons (Fsp3) is 0.462. The van der Waals surface area contributed by atoms with Crippen molar-refractivity contribution in [2.75, 3.05) is 12.3 Å². The Kier molecular flexibility index (Phi) is 6.86.